The van der Waals surface area contributed by atoms with Crippen LogP contribution in [-0.2, 0) is 0 Å². The monoisotopic (exact) mass is 195 g/mol. The summed E-state index contributed by atoms with van der Waals surface area (Å²) in [5.41, 5.74) is 0.0554. The van der Waals surface area contributed by atoms with Crippen LogP contribution < -0.4 is 5.32 Å². The molecule has 0 spiro atoms. The molecule has 0 aromatic heterocycles. The normalized spacial score (nSPS) is 31.0. The van der Waals surface area contributed by atoms with Gasteiger partial charge in [0.15, 0.2) is 0 Å². The van der Waals surface area contributed by atoms with E-state index in [2.05, 4.69) is 26.1 Å². The van der Waals surface area contributed by atoms with Crippen molar-refractivity contribution in [3.63, 3.8) is 0 Å². The van der Waals surface area contributed by atoms with E-state index < -0.39 is 6.17 Å². The summed E-state index contributed by atoms with van der Waals surface area (Å²) in [6.45, 7) is 7.23. The predicted octanol–water partition coefficient (Wildman–Crippen LogP) is 2.54. The lowest BCUT2D eigenvalue weighted by Crippen LogP contribution is -2.50. The lowest BCUT2D eigenvalue weighted by molar-refractivity contribution is 0.115. The van der Waals surface area contributed by atoms with Gasteiger partial charge in [-0.1, -0.05) is 20.8 Å². The van der Waals surface area contributed by atoms with E-state index in [0.29, 0.717) is 0 Å². The lowest BCUT2D eigenvalue weighted by atomic mass is 9.81. The topological polar surface area (TPSA) is 12.0 Å². The van der Waals surface area contributed by atoms with Gasteiger partial charge in [0, 0.05) is 6.04 Å². The van der Waals surface area contributed by atoms with Crippen LogP contribution in [0.15, 0.2) is 0 Å². The third kappa shape index (κ3) is 2.91. The molecule has 0 bridgehead atoms. The zero-order valence-corrected chi connectivity index (χ0v) is 8.88. The highest BCUT2D eigenvalue weighted by atomic mass is 35.5. The summed E-state index contributed by atoms with van der Waals surface area (Å²) in [6.07, 6.45) is 1.06. The Kier molecular flexibility index (Phi) is 4.49. The average molecular weight is 196 g/mol. The first-order valence-corrected chi connectivity index (χ1v) is 4.39. The fourth-order valence-corrected chi connectivity index (χ4v) is 1.70. The van der Waals surface area contributed by atoms with Gasteiger partial charge in [-0.15, -0.1) is 12.4 Å². The largest absolute Gasteiger partial charge is 0.311 e. The molecular formula is C9H19ClFN. The molecule has 1 nitrogen and oxygen atoms in total. The molecule has 1 heterocycles. The fraction of sp³-hybridized carbons (Fsp3) is 1.00. The van der Waals surface area contributed by atoms with Gasteiger partial charge in [-0.3, -0.25) is 0 Å². The average Bonchev–Trinajstić information content (AvgIpc) is 1.86. The highest BCUT2D eigenvalue weighted by molar-refractivity contribution is 5.85. The molecule has 0 amide bonds. The number of hydrogen-bond acceptors (Lipinski definition) is 1. The van der Waals surface area contributed by atoms with Gasteiger partial charge in [-0.05, 0) is 24.8 Å². The van der Waals surface area contributed by atoms with Crippen LogP contribution in [-0.4, -0.2) is 18.8 Å². The second kappa shape index (κ2) is 4.43. The zero-order valence-electron chi connectivity index (χ0n) is 8.06. The maximum absolute atomic E-state index is 13.3. The standard InChI is InChI=1S/C9H18FN.ClH/c1-9(2,3)8-7(10)5-4-6-11-8;/h7-8,11H,4-6H2,1-3H3;1H. The molecule has 1 rings (SSSR count). The van der Waals surface area contributed by atoms with Gasteiger partial charge in [0.05, 0.1) is 0 Å². The van der Waals surface area contributed by atoms with Crippen molar-refractivity contribution < 1.29 is 4.39 Å². The van der Waals surface area contributed by atoms with Gasteiger partial charge in [-0.25, -0.2) is 4.39 Å². The Morgan fingerprint density at radius 3 is 2.25 bits per heavy atom. The molecule has 3 heteroatoms. The molecular weight excluding hydrogens is 177 g/mol. The summed E-state index contributed by atoms with van der Waals surface area (Å²) in [5, 5.41) is 3.23. The number of halogens is 2. The van der Waals surface area contributed by atoms with Crippen molar-refractivity contribution >= 4 is 12.4 Å². The molecule has 0 aromatic rings. The first-order chi connectivity index (χ1) is 5.02. The van der Waals surface area contributed by atoms with E-state index in [1.807, 2.05) is 0 Å². The molecule has 0 aromatic carbocycles. The Balaban J connectivity index is 0.00000121. The van der Waals surface area contributed by atoms with Crippen molar-refractivity contribution in [1.29, 1.82) is 0 Å². The van der Waals surface area contributed by atoms with Crippen molar-refractivity contribution in [3.8, 4) is 0 Å². The van der Waals surface area contributed by atoms with E-state index in [9.17, 15) is 4.39 Å². The highest BCUT2D eigenvalue weighted by Crippen LogP contribution is 2.27. The predicted molar refractivity (Wildman–Crippen MR) is 52.6 cm³/mol. The Bertz CT molecular complexity index is 133. The first-order valence-electron chi connectivity index (χ1n) is 4.39. The van der Waals surface area contributed by atoms with Crippen molar-refractivity contribution in [2.24, 2.45) is 5.41 Å². The minimum atomic E-state index is -0.649. The van der Waals surface area contributed by atoms with E-state index in [0.717, 1.165) is 19.4 Å². The number of alkyl halides is 1. The van der Waals surface area contributed by atoms with Gasteiger partial charge >= 0.3 is 0 Å². The van der Waals surface area contributed by atoms with Crippen LogP contribution in [0.5, 0.6) is 0 Å². The SMILES string of the molecule is CC(C)(C)C1NCCCC1F.Cl. The highest BCUT2D eigenvalue weighted by Gasteiger charge is 2.33. The van der Waals surface area contributed by atoms with Crippen molar-refractivity contribution in [3.05, 3.63) is 0 Å². The molecule has 1 fully saturated rings. The summed E-state index contributed by atoms with van der Waals surface area (Å²) >= 11 is 0. The Morgan fingerprint density at radius 2 is 1.92 bits per heavy atom. The quantitative estimate of drug-likeness (QED) is 0.627. The summed E-state index contributed by atoms with van der Waals surface area (Å²) < 4.78 is 13.3. The van der Waals surface area contributed by atoms with Gasteiger partial charge in [0.25, 0.3) is 0 Å². The summed E-state index contributed by atoms with van der Waals surface area (Å²) in [6, 6.07) is 0.0521. The van der Waals surface area contributed by atoms with Crippen LogP contribution in [0.1, 0.15) is 33.6 Å². The fourth-order valence-electron chi connectivity index (χ4n) is 1.70. The third-order valence-corrected chi connectivity index (χ3v) is 2.32. The van der Waals surface area contributed by atoms with Crippen LogP contribution in [0.25, 0.3) is 0 Å². The maximum Gasteiger partial charge on any atom is 0.116 e. The van der Waals surface area contributed by atoms with Gasteiger partial charge in [0.2, 0.25) is 0 Å². The Hall–Kier alpha value is 0.180. The molecule has 1 aliphatic rings. The molecule has 0 radical (unpaired) electrons. The minimum Gasteiger partial charge on any atom is -0.311 e. The molecule has 1 N–H and O–H groups in total. The lowest BCUT2D eigenvalue weighted by Gasteiger charge is -2.37. The Morgan fingerprint density at radius 1 is 1.33 bits per heavy atom. The van der Waals surface area contributed by atoms with E-state index >= 15 is 0 Å². The molecule has 0 saturated carbocycles. The van der Waals surface area contributed by atoms with E-state index in [1.54, 1.807) is 0 Å². The molecule has 0 aliphatic carbocycles. The van der Waals surface area contributed by atoms with Crippen molar-refractivity contribution in [2.45, 2.75) is 45.8 Å². The third-order valence-electron chi connectivity index (χ3n) is 2.32. The smallest absolute Gasteiger partial charge is 0.116 e. The van der Waals surface area contributed by atoms with Crippen LogP contribution in [0.4, 0.5) is 4.39 Å². The maximum atomic E-state index is 13.3. The molecule has 2 unspecified atom stereocenters. The van der Waals surface area contributed by atoms with Gasteiger partial charge < -0.3 is 5.32 Å². The van der Waals surface area contributed by atoms with Crippen LogP contribution in [0.2, 0.25) is 0 Å². The Labute approximate surface area is 80.5 Å². The van der Waals surface area contributed by atoms with Crippen LogP contribution in [0.3, 0.4) is 0 Å². The summed E-state index contributed by atoms with van der Waals surface area (Å²) in [7, 11) is 0. The van der Waals surface area contributed by atoms with Crippen molar-refractivity contribution in [1.82, 2.24) is 5.32 Å². The van der Waals surface area contributed by atoms with E-state index in [-0.39, 0.29) is 23.9 Å². The van der Waals surface area contributed by atoms with E-state index in [4.69, 9.17) is 0 Å². The van der Waals surface area contributed by atoms with Crippen LogP contribution >= 0.6 is 12.4 Å². The van der Waals surface area contributed by atoms with Crippen molar-refractivity contribution in [2.75, 3.05) is 6.54 Å². The molecule has 12 heavy (non-hydrogen) atoms. The number of nitrogens with one attached hydrogen (secondary N) is 1. The second-order valence-corrected chi connectivity index (χ2v) is 4.46. The number of piperidine rings is 1. The first kappa shape index (κ1) is 12.2. The molecule has 1 saturated heterocycles. The van der Waals surface area contributed by atoms with Gasteiger partial charge in [-0.2, -0.15) is 0 Å². The van der Waals surface area contributed by atoms with Gasteiger partial charge in [0.1, 0.15) is 6.17 Å². The second-order valence-electron chi connectivity index (χ2n) is 4.46. The summed E-state index contributed by atoms with van der Waals surface area (Å²) in [4.78, 5) is 0. The molecule has 1 aliphatic heterocycles. The molecule has 2 atom stereocenters. The molecule has 74 valence electrons. The summed E-state index contributed by atoms with van der Waals surface area (Å²) in [5.74, 6) is 0. The van der Waals surface area contributed by atoms with Crippen LogP contribution in [0, 0.1) is 5.41 Å². The van der Waals surface area contributed by atoms with E-state index in [1.165, 1.54) is 0 Å². The number of rotatable bonds is 0. The minimum absolute atomic E-state index is 0. The number of hydrogen-bond donors (Lipinski definition) is 1. The zero-order chi connectivity index (χ0) is 8.48.